The third kappa shape index (κ3) is 3.65. The van der Waals surface area contributed by atoms with Crippen molar-refractivity contribution >= 4 is 34.7 Å². The van der Waals surface area contributed by atoms with E-state index in [0.29, 0.717) is 22.6 Å². The van der Waals surface area contributed by atoms with Crippen LogP contribution in [0, 0.1) is 0 Å². The second-order valence-electron chi connectivity index (χ2n) is 6.56. The molecule has 4 aromatic rings. The van der Waals surface area contributed by atoms with Crippen LogP contribution in [-0.4, -0.2) is 49.6 Å². The van der Waals surface area contributed by atoms with E-state index in [9.17, 15) is 13.6 Å². The molecule has 0 saturated carbocycles. The standard InChI is InChI=1S/C19H15F2N7O2S/c20-19(21)30-14-7-12-15(31-5-3-22-12)6-10(14)16-13(9-24-27-16)26-18(29)11-8-25-28-4-1-2-23-17(11)28/h1-2,4,6-9,19,22H,3,5H2,(H,24,27)(H,26,29). The smallest absolute Gasteiger partial charge is 0.387 e. The fraction of sp³-hybridized carbons (Fsp3) is 0.158. The van der Waals surface area contributed by atoms with Gasteiger partial charge in [0.1, 0.15) is 11.3 Å². The number of hydrogen-bond donors (Lipinski definition) is 3. The van der Waals surface area contributed by atoms with Gasteiger partial charge < -0.3 is 15.4 Å². The maximum atomic E-state index is 13.1. The van der Waals surface area contributed by atoms with E-state index in [0.717, 1.165) is 22.9 Å². The number of nitrogens with one attached hydrogen (secondary N) is 3. The third-order valence-electron chi connectivity index (χ3n) is 4.65. The van der Waals surface area contributed by atoms with Gasteiger partial charge in [0.2, 0.25) is 0 Å². The molecule has 1 aliphatic heterocycles. The van der Waals surface area contributed by atoms with Gasteiger partial charge in [0, 0.05) is 41.2 Å². The Morgan fingerprint density at radius 1 is 1.32 bits per heavy atom. The molecule has 158 valence electrons. The van der Waals surface area contributed by atoms with Crippen LogP contribution in [0.2, 0.25) is 0 Å². The molecule has 0 spiro atoms. The number of aromatic amines is 1. The lowest BCUT2D eigenvalue weighted by molar-refractivity contribution is -0.0494. The first-order chi connectivity index (χ1) is 15.1. The van der Waals surface area contributed by atoms with Crippen LogP contribution in [0.25, 0.3) is 16.9 Å². The predicted molar refractivity (Wildman–Crippen MR) is 111 cm³/mol. The monoisotopic (exact) mass is 443 g/mol. The molecule has 3 aromatic heterocycles. The van der Waals surface area contributed by atoms with Gasteiger partial charge in [0.15, 0.2) is 5.65 Å². The summed E-state index contributed by atoms with van der Waals surface area (Å²) >= 11 is 1.60. The number of nitrogens with zero attached hydrogens (tertiary/aromatic N) is 4. The number of hydrogen-bond acceptors (Lipinski definition) is 7. The molecular formula is C19H15F2N7O2S. The molecule has 1 aromatic carbocycles. The average Bonchev–Trinajstić information content (AvgIpc) is 3.40. The Bertz CT molecular complexity index is 1270. The van der Waals surface area contributed by atoms with Gasteiger partial charge in [-0.3, -0.25) is 9.89 Å². The van der Waals surface area contributed by atoms with Gasteiger partial charge in [-0.25, -0.2) is 9.50 Å². The highest BCUT2D eigenvalue weighted by Crippen LogP contribution is 2.42. The lowest BCUT2D eigenvalue weighted by Crippen LogP contribution is -2.13. The summed E-state index contributed by atoms with van der Waals surface area (Å²) in [7, 11) is 0. The van der Waals surface area contributed by atoms with Crippen LogP contribution in [0.5, 0.6) is 5.75 Å². The van der Waals surface area contributed by atoms with Gasteiger partial charge in [-0.2, -0.15) is 19.0 Å². The molecule has 0 unspecified atom stereocenters. The Labute approximate surface area is 178 Å². The van der Waals surface area contributed by atoms with Gasteiger partial charge in [0.05, 0.1) is 29.5 Å². The van der Waals surface area contributed by atoms with Crippen LogP contribution in [0.1, 0.15) is 10.4 Å². The summed E-state index contributed by atoms with van der Waals surface area (Å²) in [6.07, 6.45) is 6.05. The van der Waals surface area contributed by atoms with E-state index in [1.165, 1.54) is 23.0 Å². The van der Waals surface area contributed by atoms with Crippen molar-refractivity contribution in [3.8, 4) is 17.0 Å². The Hall–Kier alpha value is -3.67. The maximum Gasteiger partial charge on any atom is 0.387 e. The molecule has 0 fully saturated rings. The maximum absolute atomic E-state index is 13.1. The van der Waals surface area contributed by atoms with Gasteiger partial charge >= 0.3 is 6.61 Å². The van der Waals surface area contributed by atoms with Crippen LogP contribution >= 0.6 is 11.8 Å². The number of halogens is 2. The molecule has 0 atom stereocenters. The topological polar surface area (TPSA) is 109 Å². The first-order valence-electron chi connectivity index (χ1n) is 9.23. The number of carbonyl (C=O) groups excluding carboxylic acids is 1. The number of rotatable bonds is 5. The molecular weight excluding hydrogens is 428 g/mol. The summed E-state index contributed by atoms with van der Waals surface area (Å²) in [5.74, 6) is 0.360. The Kier molecular flexibility index (Phi) is 4.90. The summed E-state index contributed by atoms with van der Waals surface area (Å²) in [6, 6.07) is 4.97. The Balaban J connectivity index is 1.52. The number of benzene rings is 1. The van der Waals surface area contributed by atoms with E-state index in [1.807, 2.05) is 0 Å². The Morgan fingerprint density at radius 3 is 3.10 bits per heavy atom. The number of ether oxygens (including phenoxy) is 1. The number of aromatic nitrogens is 5. The number of alkyl halides is 2. The van der Waals surface area contributed by atoms with E-state index in [-0.39, 0.29) is 11.3 Å². The van der Waals surface area contributed by atoms with Crippen LogP contribution in [0.3, 0.4) is 0 Å². The van der Waals surface area contributed by atoms with Crippen LogP contribution < -0.4 is 15.4 Å². The minimum absolute atomic E-state index is 0.0267. The zero-order valence-corrected chi connectivity index (χ0v) is 16.6. The summed E-state index contributed by atoms with van der Waals surface area (Å²) in [4.78, 5) is 17.9. The van der Waals surface area contributed by atoms with Crippen molar-refractivity contribution in [2.75, 3.05) is 22.9 Å². The highest BCUT2D eigenvalue weighted by Gasteiger charge is 2.22. The van der Waals surface area contributed by atoms with Gasteiger partial charge in [0.25, 0.3) is 5.91 Å². The lowest BCUT2D eigenvalue weighted by Gasteiger charge is -2.21. The molecule has 5 rings (SSSR count). The van der Waals surface area contributed by atoms with Crippen molar-refractivity contribution in [3.63, 3.8) is 0 Å². The second kappa shape index (κ2) is 7.87. The van der Waals surface area contributed by atoms with Crippen molar-refractivity contribution in [2.24, 2.45) is 0 Å². The van der Waals surface area contributed by atoms with Gasteiger partial charge in [-0.05, 0) is 12.1 Å². The highest BCUT2D eigenvalue weighted by molar-refractivity contribution is 7.99. The number of carbonyl (C=O) groups is 1. The van der Waals surface area contributed by atoms with Gasteiger partial charge in [-0.1, -0.05) is 0 Å². The third-order valence-corrected chi connectivity index (χ3v) is 5.71. The zero-order chi connectivity index (χ0) is 21.4. The van der Waals surface area contributed by atoms with E-state index in [4.69, 9.17) is 4.74 Å². The SMILES string of the molecule is O=C(Nc1cn[nH]c1-c1cc2c(cc1OC(F)F)NCCS2)c1cnn2cccnc12. The van der Waals surface area contributed by atoms with E-state index < -0.39 is 12.5 Å². The molecule has 3 N–H and O–H groups in total. The molecule has 1 amide bonds. The summed E-state index contributed by atoms with van der Waals surface area (Å²) in [5, 5.41) is 16.8. The summed E-state index contributed by atoms with van der Waals surface area (Å²) in [5.41, 5.74) is 2.40. The quantitative estimate of drug-likeness (QED) is 0.433. The van der Waals surface area contributed by atoms with E-state index in [2.05, 4.69) is 30.9 Å². The van der Waals surface area contributed by atoms with Crippen LogP contribution in [-0.2, 0) is 0 Å². The number of fused-ring (bicyclic) bond motifs is 2. The van der Waals surface area contributed by atoms with Crippen molar-refractivity contribution in [1.29, 1.82) is 0 Å². The lowest BCUT2D eigenvalue weighted by atomic mass is 10.1. The molecule has 31 heavy (non-hydrogen) atoms. The van der Waals surface area contributed by atoms with Gasteiger partial charge in [-0.15, -0.1) is 11.8 Å². The summed E-state index contributed by atoms with van der Waals surface area (Å²) < 4.78 is 32.4. The first-order valence-corrected chi connectivity index (χ1v) is 10.2. The molecule has 0 radical (unpaired) electrons. The van der Waals surface area contributed by atoms with Crippen molar-refractivity contribution in [2.45, 2.75) is 11.5 Å². The minimum Gasteiger partial charge on any atom is -0.434 e. The summed E-state index contributed by atoms with van der Waals surface area (Å²) in [6.45, 7) is -2.27. The minimum atomic E-state index is -3.00. The van der Waals surface area contributed by atoms with Crippen molar-refractivity contribution < 1.29 is 18.3 Å². The molecule has 0 aliphatic carbocycles. The number of H-pyrrole nitrogens is 1. The zero-order valence-electron chi connectivity index (χ0n) is 15.8. The van der Waals surface area contributed by atoms with Crippen LogP contribution in [0.4, 0.5) is 20.2 Å². The largest absolute Gasteiger partial charge is 0.434 e. The number of thioether (sulfide) groups is 1. The number of amides is 1. The van der Waals surface area contributed by atoms with Crippen molar-refractivity contribution in [1.82, 2.24) is 24.8 Å². The molecule has 0 bridgehead atoms. The predicted octanol–water partition coefficient (Wildman–Crippen LogP) is 3.49. The molecule has 1 aliphatic rings. The molecule has 0 saturated heterocycles. The first kappa shape index (κ1) is 19.3. The van der Waals surface area contributed by atoms with E-state index in [1.54, 1.807) is 36.3 Å². The normalized spacial score (nSPS) is 13.1. The fourth-order valence-corrected chi connectivity index (χ4v) is 4.23. The van der Waals surface area contributed by atoms with Crippen molar-refractivity contribution in [3.05, 3.63) is 48.5 Å². The number of anilines is 2. The Morgan fingerprint density at radius 2 is 2.23 bits per heavy atom. The fourth-order valence-electron chi connectivity index (χ4n) is 3.32. The second-order valence-corrected chi connectivity index (χ2v) is 7.69. The molecule has 9 nitrogen and oxygen atoms in total. The van der Waals surface area contributed by atoms with Crippen LogP contribution in [0.15, 0.2) is 47.9 Å². The van der Waals surface area contributed by atoms with E-state index >= 15 is 0 Å². The highest BCUT2D eigenvalue weighted by atomic mass is 32.2. The molecule has 12 heteroatoms. The average molecular weight is 443 g/mol. The molecule has 4 heterocycles.